The van der Waals surface area contributed by atoms with Crippen molar-refractivity contribution in [2.75, 3.05) is 21.7 Å². The summed E-state index contributed by atoms with van der Waals surface area (Å²) in [6.45, 7) is 0.533. The van der Waals surface area contributed by atoms with E-state index in [1.165, 1.54) is 18.2 Å². The fraction of sp³-hybridized carbons (Fsp3) is 0.308. The molecule has 22 heavy (non-hydrogen) atoms. The maximum atomic E-state index is 12.1. The fourth-order valence-electron chi connectivity index (χ4n) is 2.05. The number of sulfonamides is 1. The highest BCUT2D eigenvalue weighted by Gasteiger charge is 2.22. The molecule has 9 heteroatoms. The van der Waals surface area contributed by atoms with E-state index in [1.807, 2.05) is 34.9 Å². The van der Waals surface area contributed by atoms with Crippen LogP contribution < -0.4 is 20.5 Å². The van der Waals surface area contributed by atoms with Crippen molar-refractivity contribution in [1.82, 2.24) is 4.57 Å². The Morgan fingerprint density at radius 2 is 2.09 bits per heavy atom. The molecule has 1 aromatic heterocycles. The molecule has 0 aliphatic carbocycles. The number of aromatic nitrogens is 2. The van der Waals surface area contributed by atoms with Gasteiger partial charge in [-0.3, -0.25) is 5.21 Å². The van der Waals surface area contributed by atoms with Crippen LogP contribution in [0.4, 0.5) is 17.1 Å². The van der Waals surface area contributed by atoms with Gasteiger partial charge in [-0.15, -0.1) is 4.47 Å². The predicted molar refractivity (Wildman–Crippen MR) is 83.5 cm³/mol. The van der Waals surface area contributed by atoms with Gasteiger partial charge in [-0.1, -0.05) is 0 Å². The monoisotopic (exact) mass is 326 g/mol. The van der Waals surface area contributed by atoms with Gasteiger partial charge in [0, 0.05) is 12.1 Å². The Balaban J connectivity index is 2.02. The molecule has 1 aromatic carbocycles. The van der Waals surface area contributed by atoms with Crippen molar-refractivity contribution in [2.45, 2.75) is 13.0 Å². The zero-order valence-electron chi connectivity index (χ0n) is 12.3. The second-order valence-electron chi connectivity index (χ2n) is 5.05. The summed E-state index contributed by atoms with van der Waals surface area (Å²) in [5.74, 6) is -0.199. The normalized spacial score (nSPS) is 11.5. The first-order valence-electron chi connectivity index (χ1n) is 6.67. The number of nitrogens with zero attached hydrogens (tertiary/aromatic N) is 3. The number of hydrogen-bond donors (Lipinski definition) is 3. The average Bonchev–Trinajstić information content (AvgIpc) is 2.83. The molecule has 0 fully saturated rings. The Kier molecular flexibility index (Phi) is 4.57. The van der Waals surface area contributed by atoms with Gasteiger partial charge in [0.25, 0.3) is 10.0 Å². The van der Waals surface area contributed by atoms with Crippen LogP contribution in [0.25, 0.3) is 0 Å². The van der Waals surface area contributed by atoms with Crippen LogP contribution in [0, 0.1) is 0 Å². The van der Waals surface area contributed by atoms with Crippen molar-refractivity contribution in [3.8, 4) is 0 Å². The highest BCUT2D eigenvalue weighted by molar-refractivity contribution is 7.92. The van der Waals surface area contributed by atoms with Gasteiger partial charge < -0.3 is 11.5 Å². The van der Waals surface area contributed by atoms with Gasteiger partial charge in [-0.2, -0.15) is 0 Å². The van der Waals surface area contributed by atoms with E-state index >= 15 is 0 Å². The van der Waals surface area contributed by atoms with Crippen molar-refractivity contribution in [1.29, 1.82) is 0 Å². The molecule has 0 aliphatic rings. The molecule has 0 unspecified atom stereocenters. The van der Waals surface area contributed by atoms with Crippen molar-refractivity contribution in [3.05, 3.63) is 36.9 Å². The largest absolute Gasteiger partial charge is 0.399 e. The Morgan fingerprint density at radius 1 is 1.36 bits per heavy atom. The Bertz CT molecular complexity index is 757. The topological polar surface area (TPSA) is 118 Å². The zero-order chi connectivity index (χ0) is 16.3. The van der Waals surface area contributed by atoms with E-state index in [4.69, 9.17) is 11.5 Å². The molecule has 0 radical (unpaired) electrons. The van der Waals surface area contributed by atoms with Crippen molar-refractivity contribution in [3.63, 3.8) is 0 Å². The van der Waals surface area contributed by atoms with Crippen LogP contribution in [0.2, 0.25) is 0 Å². The molecule has 2 aromatic rings. The quantitative estimate of drug-likeness (QED) is 0.395. The van der Waals surface area contributed by atoms with Crippen molar-refractivity contribution in [2.24, 2.45) is 7.05 Å². The molecular weight excluding hydrogens is 306 g/mol. The van der Waals surface area contributed by atoms with Crippen LogP contribution in [-0.2, 0) is 23.6 Å². The van der Waals surface area contributed by atoms with E-state index in [0.717, 1.165) is 0 Å². The average molecular weight is 326 g/mol. The first-order chi connectivity index (χ1) is 10.3. The van der Waals surface area contributed by atoms with E-state index < -0.39 is 10.0 Å². The van der Waals surface area contributed by atoms with E-state index in [2.05, 4.69) is 0 Å². The lowest BCUT2D eigenvalue weighted by Crippen LogP contribution is -2.31. The van der Waals surface area contributed by atoms with E-state index in [1.54, 1.807) is 0 Å². The minimum absolute atomic E-state index is 0.00145. The van der Waals surface area contributed by atoms with Crippen LogP contribution in [0.3, 0.4) is 0 Å². The summed E-state index contributed by atoms with van der Waals surface area (Å²) < 4.78 is 28.2. The highest BCUT2D eigenvalue weighted by atomic mass is 32.2. The lowest BCUT2D eigenvalue weighted by Gasteiger charge is -2.18. The van der Waals surface area contributed by atoms with E-state index in [0.29, 0.717) is 18.7 Å². The summed E-state index contributed by atoms with van der Waals surface area (Å²) in [6.07, 6.45) is 5.92. The third-order valence-corrected chi connectivity index (χ3v) is 4.69. The third kappa shape index (κ3) is 3.68. The number of rotatable bonds is 6. The van der Waals surface area contributed by atoms with Gasteiger partial charge in [-0.25, -0.2) is 17.6 Å². The molecule has 0 bridgehead atoms. The van der Waals surface area contributed by atoms with Gasteiger partial charge >= 0.3 is 0 Å². The Hall–Kier alpha value is -2.26. The molecule has 0 atom stereocenters. The molecule has 120 valence electrons. The molecule has 8 nitrogen and oxygen atoms in total. The predicted octanol–water partition coefficient (Wildman–Crippen LogP) is 0.0927. The number of anilines is 3. The molecule has 0 saturated heterocycles. The van der Waals surface area contributed by atoms with Gasteiger partial charge in [-0.05, 0) is 18.2 Å². The summed E-state index contributed by atoms with van der Waals surface area (Å²) in [6, 6.07) is 4.24. The van der Waals surface area contributed by atoms with Gasteiger partial charge in [0.2, 0.25) is 6.33 Å². The lowest BCUT2D eigenvalue weighted by atomic mass is 10.2. The number of nitrogens with two attached hydrogens (primary N) is 2. The number of benzene rings is 1. The Labute approximate surface area is 129 Å². The van der Waals surface area contributed by atoms with Crippen LogP contribution in [0.15, 0.2) is 36.9 Å². The molecule has 1 heterocycles. The molecule has 2 rings (SSSR count). The van der Waals surface area contributed by atoms with Crippen LogP contribution in [0.5, 0.6) is 0 Å². The van der Waals surface area contributed by atoms with Crippen molar-refractivity contribution < 1.29 is 18.2 Å². The fourth-order valence-corrected chi connectivity index (χ4v) is 3.18. The van der Waals surface area contributed by atoms with Gasteiger partial charge in [0.15, 0.2) is 0 Å². The Morgan fingerprint density at radius 3 is 2.68 bits per heavy atom. The summed E-state index contributed by atoms with van der Waals surface area (Å²) in [5, 5.41) is 9.93. The maximum Gasteiger partial charge on any atom is 0.257 e. The molecule has 0 aliphatic heterocycles. The molecule has 0 amide bonds. The lowest BCUT2D eigenvalue weighted by molar-refractivity contribution is -0.671. The van der Waals surface area contributed by atoms with Crippen LogP contribution in [-0.4, -0.2) is 23.9 Å². The van der Waals surface area contributed by atoms with Gasteiger partial charge in [0.05, 0.1) is 25.0 Å². The standard InChI is InChI=1S/C13H20N5O3S/c1-16-6-7-17(10-16)5-2-8-22(20,21)18(19)13-4-3-11(14)9-12(13)15/h3-4,6-7,9-10,19H,2,5,8,14-15H2,1H3/q+1. The number of nitrogen functional groups attached to an aromatic ring is 2. The molecule has 0 spiro atoms. The summed E-state index contributed by atoms with van der Waals surface area (Å²) in [4.78, 5) is 0. The first kappa shape index (κ1) is 16.1. The SMILES string of the molecule is C[n+]1ccn(CCCS(=O)(=O)N(O)c2ccc(N)cc2N)c1. The maximum absolute atomic E-state index is 12.1. The van der Waals surface area contributed by atoms with Crippen LogP contribution >= 0.6 is 0 Å². The second-order valence-corrected chi connectivity index (χ2v) is 6.97. The highest BCUT2D eigenvalue weighted by Crippen LogP contribution is 2.26. The molecule has 5 N–H and O–H groups in total. The van der Waals surface area contributed by atoms with Gasteiger partial charge in [0.1, 0.15) is 18.1 Å². The van der Waals surface area contributed by atoms with Crippen LogP contribution in [0.1, 0.15) is 6.42 Å². The van der Waals surface area contributed by atoms with E-state index in [-0.39, 0.29) is 21.6 Å². The third-order valence-electron chi connectivity index (χ3n) is 3.16. The second kappa shape index (κ2) is 6.24. The first-order valence-corrected chi connectivity index (χ1v) is 8.28. The summed E-state index contributed by atoms with van der Waals surface area (Å²) >= 11 is 0. The molecular formula is C13H20N5O3S+. The number of aryl methyl sites for hydroxylation is 2. The van der Waals surface area contributed by atoms with E-state index in [9.17, 15) is 13.6 Å². The number of hydrogen-bond acceptors (Lipinski definition) is 5. The molecule has 0 saturated carbocycles. The zero-order valence-corrected chi connectivity index (χ0v) is 13.1. The number of imidazole rings is 1. The minimum atomic E-state index is -3.86. The summed E-state index contributed by atoms with van der Waals surface area (Å²) in [7, 11) is -1.98. The summed E-state index contributed by atoms with van der Waals surface area (Å²) in [5.41, 5.74) is 11.7. The smallest absolute Gasteiger partial charge is 0.257 e. The minimum Gasteiger partial charge on any atom is -0.399 e. The van der Waals surface area contributed by atoms with Crippen molar-refractivity contribution >= 4 is 27.1 Å².